The molecular formula is C13H7ClFN3O5. The monoisotopic (exact) mass is 339 g/mol. The molecule has 2 aromatic rings. The number of carbonyl (C=O) groups is 1. The summed E-state index contributed by atoms with van der Waals surface area (Å²) >= 11 is 5.57. The second-order valence-corrected chi connectivity index (χ2v) is 4.71. The topological polar surface area (TPSA) is 115 Å². The molecule has 0 aliphatic carbocycles. The Kier molecular flexibility index (Phi) is 4.51. The molecule has 0 aliphatic heterocycles. The molecule has 23 heavy (non-hydrogen) atoms. The van der Waals surface area contributed by atoms with Gasteiger partial charge >= 0.3 is 0 Å². The van der Waals surface area contributed by atoms with Gasteiger partial charge in [0.2, 0.25) is 0 Å². The molecule has 1 N–H and O–H groups in total. The van der Waals surface area contributed by atoms with Crippen molar-refractivity contribution < 1.29 is 19.0 Å². The van der Waals surface area contributed by atoms with Gasteiger partial charge in [-0.2, -0.15) is 0 Å². The van der Waals surface area contributed by atoms with Crippen LogP contribution >= 0.6 is 11.6 Å². The predicted molar refractivity (Wildman–Crippen MR) is 79.1 cm³/mol. The maximum Gasteiger partial charge on any atom is 0.289 e. The highest BCUT2D eigenvalue weighted by atomic mass is 35.5. The van der Waals surface area contributed by atoms with Crippen molar-refractivity contribution in [2.45, 2.75) is 0 Å². The molecule has 2 rings (SSSR count). The lowest BCUT2D eigenvalue weighted by Crippen LogP contribution is -2.14. The van der Waals surface area contributed by atoms with Crippen LogP contribution in [0.15, 0.2) is 36.4 Å². The summed E-state index contributed by atoms with van der Waals surface area (Å²) in [4.78, 5) is 32.0. The normalized spacial score (nSPS) is 10.2. The van der Waals surface area contributed by atoms with Gasteiger partial charge in [-0.3, -0.25) is 25.0 Å². The van der Waals surface area contributed by atoms with Crippen molar-refractivity contribution in [1.29, 1.82) is 0 Å². The second kappa shape index (κ2) is 6.36. The van der Waals surface area contributed by atoms with E-state index in [-0.39, 0.29) is 16.3 Å². The molecule has 0 unspecified atom stereocenters. The van der Waals surface area contributed by atoms with E-state index in [0.29, 0.717) is 6.07 Å². The first kappa shape index (κ1) is 16.3. The number of hydrogen-bond acceptors (Lipinski definition) is 5. The molecule has 10 heteroatoms. The van der Waals surface area contributed by atoms with E-state index in [4.69, 9.17) is 11.6 Å². The molecule has 0 saturated heterocycles. The van der Waals surface area contributed by atoms with Crippen LogP contribution in [0.5, 0.6) is 0 Å². The summed E-state index contributed by atoms with van der Waals surface area (Å²) in [6.45, 7) is 0. The van der Waals surface area contributed by atoms with Crippen LogP contribution in [-0.2, 0) is 0 Å². The second-order valence-electron chi connectivity index (χ2n) is 4.30. The maximum atomic E-state index is 13.1. The van der Waals surface area contributed by atoms with Crippen molar-refractivity contribution in [1.82, 2.24) is 0 Å². The lowest BCUT2D eigenvalue weighted by molar-refractivity contribution is -0.394. The zero-order valence-electron chi connectivity index (χ0n) is 11.2. The van der Waals surface area contributed by atoms with Gasteiger partial charge in [0.25, 0.3) is 17.3 Å². The van der Waals surface area contributed by atoms with Crippen LogP contribution in [0.4, 0.5) is 21.5 Å². The maximum absolute atomic E-state index is 13.1. The first-order chi connectivity index (χ1) is 10.8. The third-order valence-corrected chi connectivity index (χ3v) is 3.10. The minimum absolute atomic E-state index is 0.119. The zero-order valence-corrected chi connectivity index (χ0v) is 11.9. The summed E-state index contributed by atoms with van der Waals surface area (Å²) in [5.74, 6) is -1.57. The van der Waals surface area contributed by atoms with Gasteiger partial charge in [0, 0.05) is 11.8 Å². The SMILES string of the molecule is O=C(Nc1ccc(F)c(Cl)c1)c1ccc([N+](=O)[O-])cc1[N+](=O)[O-]. The molecule has 0 fully saturated rings. The number of halogens is 2. The van der Waals surface area contributed by atoms with Gasteiger partial charge in [0.15, 0.2) is 0 Å². The summed E-state index contributed by atoms with van der Waals surface area (Å²) < 4.78 is 13.1. The highest BCUT2D eigenvalue weighted by molar-refractivity contribution is 6.31. The Morgan fingerprint density at radius 3 is 2.35 bits per heavy atom. The van der Waals surface area contributed by atoms with Gasteiger partial charge in [0.05, 0.1) is 20.9 Å². The number of carbonyl (C=O) groups excluding carboxylic acids is 1. The molecule has 2 aromatic carbocycles. The molecule has 1 amide bonds. The lowest BCUT2D eigenvalue weighted by Gasteiger charge is -2.06. The van der Waals surface area contributed by atoms with E-state index in [0.717, 1.165) is 24.3 Å². The zero-order chi connectivity index (χ0) is 17.1. The van der Waals surface area contributed by atoms with Gasteiger partial charge in [-0.1, -0.05) is 11.6 Å². The number of anilines is 1. The molecule has 0 bridgehead atoms. The van der Waals surface area contributed by atoms with E-state index in [1.54, 1.807) is 0 Å². The summed E-state index contributed by atoms with van der Waals surface area (Å²) in [7, 11) is 0. The van der Waals surface area contributed by atoms with E-state index >= 15 is 0 Å². The Balaban J connectivity index is 2.36. The number of nitro benzene ring substituents is 2. The Morgan fingerprint density at radius 2 is 1.78 bits per heavy atom. The fourth-order valence-corrected chi connectivity index (χ4v) is 1.93. The molecule has 0 atom stereocenters. The van der Waals surface area contributed by atoms with Crippen LogP contribution in [0.2, 0.25) is 5.02 Å². The third kappa shape index (κ3) is 3.58. The van der Waals surface area contributed by atoms with E-state index in [1.165, 1.54) is 6.07 Å². The summed E-state index contributed by atoms with van der Waals surface area (Å²) in [5.41, 5.74) is -1.49. The van der Waals surface area contributed by atoms with E-state index < -0.39 is 32.9 Å². The number of nitrogens with zero attached hydrogens (tertiary/aromatic N) is 2. The minimum atomic E-state index is -0.903. The predicted octanol–water partition coefficient (Wildman–Crippen LogP) is 3.55. The lowest BCUT2D eigenvalue weighted by atomic mass is 10.1. The standard InChI is InChI=1S/C13H7ClFN3O5/c14-10-5-7(1-4-11(10)15)16-13(19)9-3-2-8(17(20)21)6-12(9)18(22)23/h1-6H,(H,16,19). The highest BCUT2D eigenvalue weighted by Crippen LogP contribution is 2.26. The van der Waals surface area contributed by atoms with Gasteiger partial charge in [-0.15, -0.1) is 0 Å². The fraction of sp³-hybridized carbons (Fsp3) is 0. The van der Waals surface area contributed by atoms with Gasteiger partial charge in [-0.05, 0) is 24.3 Å². The average Bonchev–Trinajstić information content (AvgIpc) is 2.50. The molecule has 118 valence electrons. The van der Waals surface area contributed by atoms with E-state index in [9.17, 15) is 29.4 Å². The number of benzene rings is 2. The van der Waals surface area contributed by atoms with Crippen LogP contribution in [0, 0.1) is 26.0 Å². The van der Waals surface area contributed by atoms with Crippen molar-refractivity contribution in [3.63, 3.8) is 0 Å². The van der Waals surface area contributed by atoms with E-state index in [1.807, 2.05) is 0 Å². The molecular weight excluding hydrogens is 333 g/mol. The molecule has 0 aliphatic rings. The Bertz CT molecular complexity index is 827. The van der Waals surface area contributed by atoms with Crippen LogP contribution < -0.4 is 5.32 Å². The molecule has 0 spiro atoms. The average molecular weight is 340 g/mol. The summed E-state index contributed by atoms with van der Waals surface area (Å²) in [5, 5.41) is 23.7. The van der Waals surface area contributed by atoms with Crippen molar-refractivity contribution in [3.8, 4) is 0 Å². The minimum Gasteiger partial charge on any atom is -0.322 e. The number of non-ortho nitro benzene ring substituents is 1. The largest absolute Gasteiger partial charge is 0.322 e. The van der Waals surface area contributed by atoms with Crippen LogP contribution in [0.25, 0.3) is 0 Å². The van der Waals surface area contributed by atoms with Gasteiger partial charge in [-0.25, -0.2) is 4.39 Å². The van der Waals surface area contributed by atoms with Crippen molar-refractivity contribution in [2.24, 2.45) is 0 Å². The van der Waals surface area contributed by atoms with Crippen molar-refractivity contribution in [3.05, 3.63) is 73.0 Å². The molecule has 0 saturated carbocycles. The number of amides is 1. The number of rotatable bonds is 4. The van der Waals surface area contributed by atoms with E-state index in [2.05, 4.69) is 5.32 Å². The van der Waals surface area contributed by atoms with Gasteiger partial charge < -0.3 is 5.32 Å². The number of nitrogens with one attached hydrogen (secondary N) is 1. The summed E-state index contributed by atoms with van der Waals surface area (Å²) in [6.07, 6.45) is 0. The highest BCUT2D eigenvalue weighted by Gasteiger charge is 2.24. The number of hydrogen-bond donors (Lipinski definition) is 1. The first-order valence-electron chi connectivity index (χ1n) is 5.99. The van der Waals surface area contributed by atoms with Crippen LogP contribution in [0.3, 0.4) is 0 Å². The molecule has 0 radical (unpaired) electrons. The molecule has 0 heterocycles. The van der Waals surface area contributed by atoms with Crippen molar-refractivity contribution in [2.75, 3.05) is 5.32 Å². The fourth-order valence-electron chi connectivity index (χ4n) is 1.75. The Labute approximate surface area is 132 Å². The Hall–Kier alpha value is -3.07. The number of nitro groups is 2. The van der Waals surface area contributed by atoms with Gasteiger partial charge in [0.1, 0.15) is 11.4 Å². The van der Waals surface area contributed by atoms with Crippen molar-refractivity contribution >= 4 is 34.6 Å². The quantitative estimate of drug-likeness (QED) is 0.675. The van der Waals surface area contributed by atoms with Crippen LogP contribution in [-0.4, -0.2) is 15.8 Å². The van der Waals surface area contributed by atoms with Crippen LogP contribution in [0.1, 0.15) is 10.4 Å². The Morgan fingerprint density at radius 1 is 1.09 bits per heavy atom. The molecule has 0 aromatic heterocycles. The molecule has 8 nitrogen and oxygen atoms in total. The third-order valence-electron chi connectivity index (χ3n) is 2.81. The first-order valence-corrected chi connectivity index (χ1v) is 6.36. The smallest absolute Gasteiger partial charge is 0.289 e. The summed E-state index contributed by atoms with van der Waals surface area (Å²) in [6, 6.07) is 5.99.